The smallest absolute Gasteiger partial charge is 0.233 e. The summed E-state index contributed by atoms with van der Waals surface area (Å²) in [6.45, 7) is 6.81. The number of aromatic nitrogens is 4. The van der Waals surface area contributed by atoms with E-state index in [0.717, 1.165) is 13.1 Å². The fraction of sp³-hybridized carbons (Fsp3) is 0.636. The minimum atomic E-state index is 0.232. The van der Waals surface area contributed by atoms with Gasteiger partial charge in [0.25, 0.3) is 0 Å². The van der Waals surface area contributed by atoms with Crippen molar-refractivity contribution < 1.29 is 9.47 Å². The van der Waals surface area contributed by atoms with Crippen molar-refractivity contribution in [3.8, 4) is 23.1 Å². The molecule has 0 saturated carbocycles. The van der Waals surface area contributed by atoms with Crippen LogP contribution < -0.4 is 9.47 Å². The molecule has 2 atom stereocenters. The molecule has 8 rings (SSSR count). The van der Waals surface area contributed by atoms with Crippen LogP contribution in [-0.2, 0) is 0 Å². The first-order valence-corrected chi connectivity index (χ1v) is 11.3. The first-order valence-electron chi connectivity index (χ1n) is 11.3. The van der Waals surface area contributed by atoms with Gasteiger partial charge in [0, 0.05) is 25.2 Å². The van der Waals surface area contributed by atoms with Crippen molar-refractivity contribution in [2.45, 2.75) is 37.9 Å². The maximum absolute atomic E-state index is 6.13. The molecule has 30 heavy (non-hydrogen) atoms. The lowest BCUT2D eigenvalue weighted by Gasteiger charge is -2.44. The average molecular weight is 409 g/mol. The van der Waals surface area contributed by atoms with Crippen LogP contribution in [-0.4, -0.2) is 81.7 Å². The van der Waals surface area contributed by atoms with Crippen LogP contribution in [0.4, 0.5) is 0 Å². The zero-order valence-electron chi connectivity index (χ0n) is 17.2. The maximum Gasteiger partial charge on any atom is 0.233 e. The maximum atomic E-state index is 6.13. The summed E-state index contributed by atoms with van der Waals surface area (Å²) in [6.07, 6.45) is 5.35. The van der Waals surface area contributed by atoms with E-state index in [1.807, 2.05) is 24.3 Å². The van der Waals surface area contributed by atoms with Gasteiger partial charge in [-0.3, -0.25) is 9.80 Å². The number of hydrogen-bond donors (Lipinski definition) is 0. The topological polar surface area (TPSA) is 76.5 Å². The molecule has 6 aliphatic heterocycles. The lowest BCUT2D eigenvalue weighted by atomic mass is 9.86. The third-order valence-corrected chi connectivity index (χ3v) is 7.28. The Hall–Kier alpha value is -2.32. The molecule has 0 radical (unpaired) electrons. The Morgan fingerprint density at radius 3 is 1.33 bits per heavy atom. The third-order valence-electron chi connectivity index (χ3n) is 7.28. The van der Waals surface area contributed by atoms with Gasteiger partial charge in [-0.15, -0.1) is 20.4 Å². The molecule has 2 unspecified atom stereocenters. The van der Waals surface area contributed by atoms with Crippen molar-refractivity contribution in [2.75, 3.05) is 39.3 Å². The first-order chi connectivity index (χ1) is 14.8. The van der Waals surface area contributed by atoms with Gasteiger partial charge in [-0.05, 0) is 75.8 Å². The van der Waals surface area contributed by atoms with Crippen molar-refractivity contribution in [1.29, 1.82) is 0 Å². The number of rotatable bonds is 5. The van der Waals surface area contributed by atoms with Gasteiger partial charge in [0.05, 0.1) is 0 Å². The second-order valence-electron chi connectivity index (χ2n) is 9.10. The summed E-state index contributed by atoms with van der Waals surface area (Å²) in [6, 6.07) is 7.59. The van der Waals surface area contributed by atoms with E-state index < -0.39 is 0 Å². The van der Waals surface area contributed by atoms with E-state index in [1.165, 1.54) is 51.9 Å². The largest absolute Gasteiger partial charge is 0.472 e. The van der Waals surface area contributed by atoms with E-state index >= 15 is 0 Å². The van der Waals surface area contributed by atoms with Gasteiger partial charge in [0.15, 0.2) is 0 Å². The molecule has 4 bridgehead atoms. The summed E-state index contributed by atoms with van der Waals surface area (Å²) in [5.74, 6) is 2.47. The van der Waals surface area contributed by atoms with Crippen molar-refractivity contribution in [1.82, 2.24) is 30.2 Å². The Labute approximate surface area is 176 Å². The van der Waals surface area contributed by atoms with E-state index in [1.54, 1.807) is 0 Å². The molecule has 0 aliphatic carbocycles. The molecular weight excluding hydrogens is 380 g/mol. The van der Waals surface area contributed by atoms with Crippen LogP contribution in [0.3, 0.4) is 0 Å². The predicted molar refractivity (Wildman–Crippen MR) is 110 cm³/mol. The van der Waals surface area contributed by atoms with E-state index in [-0.39, 0.29) is 12.2 Å². The molecule has 8 heteroatoms. The molecule has 6 saturated heterocycles. The zero-order valence-corrected chi connectivity index (χ0v) is 17.2. The number of hydrogen-bond acceptors (Lipinski definition) is 8. The van der Waals surface area contributed by atoms with Gasteiger partial charge < -0.3 is 9.47 Å². The quantitative estimate of drug-likeness (QED) is 0.742. The molecule has 0 aromatic carbocycles. The van der Waals surface area contributed by atoms with Crippen LogP contribution >= 0.6 is 0 Å². The molecular formula is C22H28N6O2. The van der Waals surface area contributed by atoms with E-state index in [0.29, 0.717) is 35.0 Å². The minimum Gasteiger partial charge on any atom is -0.472 e. The van der Waals surface area contributed by atoms with E-state index in [4.69, 9.17) is 9.47 Å². The molecule has 6 aliphatic rings. The van der Waals surface area contributed by atoms with Gasteiger partial charge in [-0.25, -0.2) is 0 Å². The fourth-order valence-corrected chi connectivity index (χ4v) is 5.44. The predicted octanol–water partition coefficient (Wildman–Crippen LogP) is 1.88. The van der Waals surface area contributed by atoms with Crippen LogP contribution in [0.5, 0.6) is 11.8 Å². The van der Waals surface area contributed by atoms with Gasteiger partial charge in [0.2, 0.25) is 11.8 Å². The third kappa shape index (κ3) is 3.63. The Morgan fingerprint density at radius 2 is 1.03 bits per heavy atom. The van der Waals surface area contributed by atoms with E-state index in [9.17, 15) is 0 Å². The van der Waals surface area contributed by atoms with Gasteiger partial charge in [-0.1, -0.05) is 0 Å². The highest BCUT2D eigenvalue weighted by molar-refractivity contribution is 5.52. The van der Waals surface area contributed by atoms with Gasteiger partial charge >= 0.3 is 0 Å². The molecule has 0 amide bonds. The highest BCUT2D eigenvalue weighted by atomic mass is 16.5. The van der Waals surface area contributed by atoms with Crippen LogP contribution in [0.15, 0.2) is 24.3 Å². The standard InChI is InChI=1S/C22H28N6O2/c1-3-21(29-19-13-27-9-5-15(19)6-10-27)25-23-17(1)18-2-4-22(26-24-18)30-20-14-28-11-7-16(20)8-12-28/h1-4,15-16,19-20H,5-14H2. The second-order valence-corrected chi connectivity index (χ2v) is 9.10. The monoisotopic (exact) mass is 408 g/mol. The summed E-state index contributed by atoms with van der Waals surface area (Å²) in [7, 11) is 0. The summed E-state index contributed by atoms with van der Waals surface area (Å²) in [4.78, 5) is 4.95. The minimum absolute atomic E-state index is 0.232. The lowest BCUT2D eigenvalue weighted by molar-refractivity contribution is -0.0105. The first kappa shape index (κ1) is 18.4. The average Bonchev–Trinajstić information content (AvgIpc) is 2.82. The highest BCUT2D eigenvalue weighted by Crippen LogP contribution is 2.31. The van der Waals surface area contributed by atoms with Crippen LogP contribution in [0.25, 0.3) is 11.4 Å². The Balaban J connectivity index is 1.09. The van der Waals surface area contributed by atoms with Crippen molar-refractivity contribution in [2.24, 2.45) is 11.8 Å². The molecule has 0 N–H and O–H groups in total. The Kier molecular flexibility index (Phi) is 4.76. The van der Waals surface area contributed by atoms with Gasteiger partial charge in [0.1, 0.15) is 23.6 Å². The van der Waals surface area contributed by atoms with Crippen molar-refractivity contribution in [3.05, 3.63) is 24.3 Å². The molecule has 158 valence electrons. The molecule has 8 nitrogen and oxygen atoms in total. The molecule has 6 fully saturated rings. The highest BCUT2D eigenvalue weighted by Gasteiger charge is 2.36. The normalized spacial score (nSPS) is 34.7. The SMILES string of the molecule is c1cc(-c2ccc(OC3CN4CCC3CC4)nn2)nnc1OC1CN2CCC1CC2. The number of ether oxygens (including phenoxy) is 2. The number of piperidine rings is 6. The van der Waals surface area contributed by atoms with Crippen LogP contribution in [0, 0.1) is 11.8 Å². The van der Waals surface area contributed by atoms with E-state index in [2.05, 4.69) is 30.2 Å². The number of fused-ring (bicyclic) bond motifs is 6. The summed E-state index contributed by atoms with van der Waals surface area (Å²) in [5, 5.41) is 17.2. The lowest BCUT2D eigenvalue weighted by Crippen LogP contribution is -2.52. The summed E-state index contributed by atoms with van der Waals surface area (Å²) < 4.78 is 12.3. The molecule has 0 spiro atoms. The van der Waals surface area contributed by atoms with Crippen molar-refractivity contribution >= 4 is 0 Å². The molecule has 2 aromatic heterocycles. The Morgan fingerprint density at radius 1 is 0.600 bits per heavy atom. The second kappa shape index (κ2) is 7.74. The summed E-state index contributed by atoms with van der Waals surface area (Å²) >= 11 is 0. The van der Waals surface area contributed by atoms with Crippen LogP contribution in [0.1, 0.15) is 25.7 Å². The van der Waals surface area contributed by atoms with Crippen LogP contribution in [0.2, 0.25) is 0 Å². The summed E-state index contributed by atoms with van der Waals surface area (Å²) in [5.41, 5.74) is 1.39. The Bertz CT molecular complexity index is 787. The van der Waals surface area contributed by atoms with Crippen molar-refractivity contribution in [3.63, 3.8) is 0 Å². The number of nitrogens with zero attached hydrogens (tertiary/aromatic N) is 6. The molecule has 2 aromatic rings. The molecule has 8 heterocycles. The fourth-order valence-electron chi connectivity index (χ4n) is 5.44. The van der Waals surface area contributed by atoms with Gasteiger partial charge in [-0.2, -0.15) is 0 Å². The zero-order chi connectivity index (χ0) is 19.9.